The van der Waals surface area contributed by atoms with Gasteiger partial charge in [0.2, 0.25) is 0 Å². The Kier molecular flexibility index (Phi) is 3.50. The lowest BCUT2D eigenvalue weighted by molar-refractivity contribution is 1.15. The first-order valence-corrected chi connectivity index (χ1v) is 7.53. The van der Waals surface area contributed by atoms with Crippen LogP contribution in [0.5, 0.6) is 0 Å². The molecule has 0 atom stereocenters. The predicted molar refractivity (Wildman–Crippen MR) is 76.6 cm³/mol. The molecule has 14 heavy (non-hydrogen) atoms. The van der Waals surface area contributed by atoms with Crippen molar-refractivity contribution in [3.05, 3.63) is 32.2 Å². The van der Waals surface area contributed by atoms with Crippen molar-refractivity contribution in [1.29, 1.82) is 0 Å². The Morgan fingerprint density at radius 3 is 2.86 bits per heavy atom. The fraction of sp³-hybridized carbons (Fsp3) is 0.273. The summed E-state index contributed by atoms with van der Waals surface area (Å²) < 4.78 is 2.74. The van der Waals surface area contributed by atoms with Crippen molar-refractivity contribution in [2.24, 2.45) is 0 Å². The second kappa shape index (κ2) is 4.49. The van der Waals surface area contributed by atoms with Gasteiger partial charge in [-0.05, 0) is 52.1 Å². The second-order valence-corrected chi connectivity index (χ2v) is 6.07. The first-order valence-electron chi connectivity index (χ1n) is 4.52. The number of aryl methyl sites for hydroxylation is 1. The van der Waals surface area contributed by atoms with E-state index >= 15 is 0 Å². The number of rotatable bonds is 2. The third-order valence-electron chi connectivity index (χ3n) is 2.31. The van der Waals surface area contributed by atoms with Crippen molar-refractivity contribution < 1.29 is 0 Å². The summed E-state index contributed by atoms with van der Waals surface area (Å²) in [6.07, 6.45) is 1.13. The molecule has 2 rings (SSSR count). The highest BCUT2D eigenvalue weighted by molar-refractivity contribution is 14.1. The van der Waals surface area contributed by atoms with Crippen molar-refractivity contribution in [3.63, 3.8) is 0 Å². The van der Waals surface area contributed by atoms with Gasteiger partial charge in [0.05, 0.1) is 0 Å². The lowest BCUT2D eigenvalue weighted by Crippen LogP contribution is -1.81. The highest BCUT2D eigenvalue weighted by atomic mass is 127. The van der Waals surface area contributed by atoms with Crippen molar-refractivity contribution >= 4 is 59.9 Å². The van der Waals surface area contributed by atoms with E-state index in [-0.39, 0.29) is 0 Å². The van der Waals surface area contributed by atoms with Gasteiger partial charge in [-0.2, -0.15) is 0 Å². The molecule has 1 aromatic heterocycles. The number of hydrogen-bond acceptors (Lipinski definition) is 1. The fourth-order valence-corrected chi connectivity index (χ4v) is 4.24. The van der Waals surface area contributed by atoms with E-state index in [1.807, 2.05) is 11.3 Å². The average Bonchev–Trinajstić information content (AvgIpc) is 2.54. The van der Waals surface area contributed by atoms with E-state index in [1.54, 1.807) is 0 Å². The molecule has 1 aromatic carbocycles. The van der Waals surface area contributed by atoms with Gasteiger partial charge in [-0.1, -0.05) is 28.9 Å². The topological polar surface area (TPSA) is 0 Å². The van der Waals surface area contributed by atoms with Gasteiger partial charge in [-0.3, -0.25) is 0 Å². The van der Waals surface area contributed by atoms with Gasteiger partial charge in [0.15, 0.2) is 0 Å². The number of hydrogen-bond donors (Lipinski definition) is 0. The molecule has 0 spiro atoms. The number of thiophene rings is 1. The van der Waals surface area contributed by atoms with Crippen LogP contribution in [0.4, 0.5) is 0 Å². The van der Waals surface area contributed by atoms with Gasteiger partial charge < -0.3 is 0 Å². The minimum absolute atomic E-state index is 0.978. The van der Waals surface area contributed by atoms with E-state index in [1.165, 1.54) is 24.1 Å². The average molecular weight is 381 g/mol. The summed E-state index contributed by atoms with van der Waals surface area (Å²) in [5.74, 6) is 0. The van der Waals surface area contributed by atoms with Crippen LogP contribution in [0.3, 0.4) is 0 Å². The Morgan fingerprint density at radius 2 is 2.21 bits per heavy atom. The monoisotopic (exact) mass is 380 g/mol. The maximum absolute atomic E-state index is 3.55. The maximum atomic E-state index is 3.55. The molecular formula is C11H10BrIS. The van der Waals surface area contributed by atoms with E-state index < -0.39 is 0 Å². The van der Waals surface area contributed by atoms with Crippen LogP contribution >= 0.6 is 49.9 Å². The molecule has 0 nitrogen and oxygen atoms in total. The van der Waals surface area contributed by atoms with Crippen LogP contribution in [0.1, 0.15) is 17.4 Å². The van der Waals surface area contributed by atoms with Crippen molar-refractivity contribution in [1.82, 2.24) is 0 Å². The van der Waals surface area contributed by atoms with E-state index in [9.17, 15) is 0 Å². The van der Waals surface area contributed by atoms with Gasteiger partial charge in [0, 0.05) is 18.5 Å². The summed E-state index contributed by atoms with van der Waals surface area (Å²) in [5, 5.41) is 2.42. The first-order chi connectivity index (χ1) is 6.76. The summed E-state index contributed by atoms with van der Waals surface area (Å²) >= 11 is 7.83. The van der Waals surface area contributed by atoms with Crippen LogP contribution in [0.25, 0.3) is 10.1 Å². The SMILES string of the molecule is CCc1c(CBr)sc2cc(I)ccc12. The van der Waals surface area contributed by atoms with Gasteiger partial charge in [0.25, 0.3) is 0 Å². The Balaban J connectivity index is 2.73. The molecular weight excluding hydrogens is 371 g/mol. The first kappa shape index (κ1) is 10.9. The molecule has 2 aromatic rings. The van der Waals surface area contributed by atoms with Gasteiger partial charge in [-0.15, -0.1) is 11.3 Å². The largest absolute Gasteiger partial charge is 0.139 e. The molecule has 0 amide bonds. The maximum Gasteiger partial charge on any atom is 0.0380 e. The van der Waals surface area contributed by atoms with Crippen LogP contribution < -0.4 is 0 Å². The Morgan fingerprint density at radius 1 is 1.43 bits per heavy atom. The normalized spacial score (nSPS) is 11.1. The summed E-state index contributed by atoms with van der Waals surface area (Å²) in [4.78, 5) is 1.48. The molecule has 0 N–H and O–H groups in total. The van der Waals surface area contributed by atoms with Crippen LogP contribution in [0.15, 0.2) is 18.2 Å². The van der Waals surface area contributed by atoms with Crippen LogP contribution in [-0.4, -0.2) is 0 Å². The highest BCUT2D eigenvalue weighted by Gasteiger charge is 2.09. The lowest BCUT2D eigenvalue weighted by atomic mass is 10.1. The van der Waals surface area contributed by atoms with Gasteiger partial charge >= 0.3 is 0 Å². The van der Waals surface area contributed by atoms with Crippen LogP contribution in [0, 0.1) is 3.57 Å². The van der Waals surface area contributed by atoms with E-state index in [0.717, 1.165) is 11.8 Å². The number of halogens is 2. The van der Waals surface area contributed by atoms with Crippen LogP contribution in [-0.2, 0) is 11.8 Å². The Bertz CT molecular complexity index is 462. The molecule has 0 aliphatic rings. The molecule has 0 aliphatic heterocycles. The lowest BCUT2D eigenvalue weighted by Gasteiger charge is -1.96. The number of benzene rings is 1. The standard InChI is InChI=1S/C11H10BrIS/c1-2-8-9-4-3-7(13)5-10(9)14-11(8)6-12/h3-5H,2,6H2,1H3. The molecule has 0 saturated carbocycles. The quantitative estimate of drug-likeness (QED) is 0.510. The molecule has 0 aliphatic carbocycles. The Hall–Kier alpha value is 0.390. The van der Waals surface area contributed by atoms with Gasteiger partial charge in [-0.25, -0.2) is 0 Å². The predicted octanol–water partition coefficient (Wildman–Crippen LogP) is 4.96. The fourth-order valence-electron chi connectivity index (χ4n) is 1.67. The third kappa shape index (κ3) is 1.86. The van der Waals surface area contributed by atoms with Crippen molar-refractivity contribution in [2.75, 3.05) is 0 Å². The smallest absolute Gasteiger partial charge is 0.0380 e. The molecule has 0 radical (unpaired) electrons. The molecule has 1 heterocycles. The minimum atomic E-state index is 0.978. The number of alkyl halides is 1. The molecule has 0 bridgehead atoms. The zero-order valence-corrected chi connectivity index (χ0v) is 12.4. The summed E-state index contributed by atoms with van der Waals surface area (Å²) in [6, 6.07) is 6.71. The molecule has 3 heteroatoms. The van der Waals surface area contributed by atoms with E-state index in [2.05, 4.69) is 63.6 Å². The highest BCUT2D eigenvalue weighted by Crippen LogP contribution is 2.33. The summed E-state index contributed by atoms with van der Waals surface area (Å²) in [7, 11) is 0. The van der Waals surface area contributed by atoms with Crippen molar-refractivity contribution in [3.8, 4) is 0 Å². The third-order valence-corrected chi connectivity index (χ3v) is 5.11. The van der Waals surface area contributed by atoms with Crippen LogP contribution in [0.2, 0.25) is 0 Å². The molecule has 0 fully saturated rings. The summed E-state index contributed by atoms with van der Waals surface area (Å²) in [5.41, 5.74) is 1.51. The summed E-state index contributed by atoms with van der Waals surface area (Å²) in [6.45, 7) is 2.23. The molecule has 74 valence electrons. The zero-order chi connectivity index (χ0) is 10.1. The Labute approximate surface area is 110 Å². The van der Waals surface area contributed by atoms with E-state index in [4.69, 9.17) is 0 Å². The van der Waals surface area contributed by atoms with Gasteiger partial charge in [0.1, 0.15) is 0 Å². The van der Waals surface area contributed by atoms with Crippen molar-refractivity contribution in [2.45, 2.75) is 18.7 Å². The molecule has 0 unspecified atom stereocenters. The second-order valence-electron chi connectivity index (χ2n) is 3.13. The minimum Gasteiger partial charge on any atom is -0.139 e. The van der Waals surface area contributed by atoms with E-state index in [0.29, 0.717) is 0 Å². The number of fused-ring (bicyclic) bond motifs is 1. The molecule has 0 saturated heterocycles. The zero-order valence-electron chi connectivity index (χ0n) is 7.81.